The minimum absolute atomic E-state index is 0.0542. The minimum atomic E-state index is -0.413. The van der Waals surface area contributed by atoms with Crippen molar-refractivity contribution in [3.63, 3.8) is 0 Å². The predicted molar refractivity (Wildman–Crippen MR) is 108 cm³/mol. The van der Waals surface area contributed by atoms with Crippen LogP contribution in [-0.4, -0.2) is 22.6 Å². The number of nitrogens with zero attached hydrogens (tertiary/aromatic N) is 1. The van der Waals surface area contributed by atoms with E-state index in [1.54, 1.807) is 48.5 Å². The van der Waals surface area contributed by atoms with Crippen LogP contribution in [0.3, 0.4) is 0 Å². The number of hydrogen-bond donors (Lipinski definition) is 2. The van der Waals surface area contributed by atoms with Gasteiger partial charge in [-0.3, -0.25) is 19.4 Å². The summed E-state index contributed by atoms with van der Waals surface area (Å²) in [5.74, 6) is -0.860. The van der Waals surface area contributed by atoms with Gasteiger partial charge in [-0.1, -0.05) is 11.6 Å². The van der Waals surface area contributed by atoms with Crippen LogP contribution in [0.15, 0.2) is 67.0 Å². The van der Waals surface area contributed by atoms with Crippen LogP contribution in [0.1, 0.15) is 38.0 Å². The molecule has 0 aliphatic rings. The molecule has 0 unspecified atom stereocenters. The molecule has 3 aromatic rings. The van der Waals surface area contributed by atoms with Crippen LogP contribution in [0.25, 0.3) is 0 Å². The number of Topliss-reactive ketones (excluding diaryl/α,β-unsaturated/α-hetero) is 1. The molecule has 3 rings (SSSR count). The van der Waals surface area contributed by atoms with Gasteiger partial charge in [0.25, 0.3) is 11.8 Å². The molecule has 140 valence electrons. The van der Waals surface area contributed by atoms with Crippen molar-refractivity contribution in [2.45, 2.75) is 6.92 Å². The van der Waals surface area contributed by atoms with Crippen LogP contribution in [0.2, 0.25) is 5.02 Å². The summed E-state index contributed by atoms with van der Waals surface area (Å²) in [6.07, 6.45) is 2.75. The Balaban J connectivity index is 1.71. The van der Waals surface area contributed by atoms with E-state index in [-0.39, 0.29) is 16.9 Å². The van der Waals surface area contributed by atoms with Crippen molar-refractivity contribution < 1.29 is 14.4 Å². The van der Waals surface area contributed by atoms with E-state index in [0.717, 1.165) is 0 Å². The number of pyridine rings is 1. The van der Waals surface area contributed by atoms with E-state index in [4.69, 9.17) is 11.6 Å². The molecule has 1 heterocycles. The molecule has 2 amide bonds. The van der Waals surface area contributed by atoms with Crippen molar-refractivity contribution in [2.75, 3.05) is 10.6 Å². The first-order chi connectivity index (χ1) is 13.4. The Kier molecular flexibility index (Phi) is 5.81. The third kappa shape index (κ3) is 4.81. The number of hydrogen-bond acceptors (Lipinski definition) is 4. The maximum Gasteiger partial charge on any atom is 0.257 e. The van der Waals surface area contributed by atoms with Gasteiger partial charge in [0, 0.05) is 34.4 Å². The van der Waals surface area contributed by atoms with Crippen LogP contribution < -0.4 is 10.6 Å². The Morgan fingerprint density at radius 2 is 1.21 bits per heavy atom. The highest BCUT2D eigenvalue weighted by molar-refractivity contribution is 6.30. The number of benzene rings is 2. The van der Waals surface area contributed by atoms with E-state index in [0.29, 0.717) is 22.0 Å². The van der Waals surface area contributed by atoms with Crippen molar-refractivity contribution in [3.05, 3.63) is 88.7 Å². The van der Waals surface area contributed by atoms with Crippen LogP contribution in [0, 0.1) is 0 Å². The van der Waals surface area contributed by atoms with Crippen molar-refractivity contribution in [3.8, 4) is 0 Å². The number of amides is 2. The fourth-order valence-electron chi connectivity index (χ4n) is 2.42. The van der Waals surface area contributed by atoms with Gasteiger partial charge in [0.1, 0.15) is 0 Å². The first-order valence-electron chi connectivity index (χ1n) is 8.37. The highest BCUT2D eigenvalue weighted by Gasteiger charge is 2.12. The molecule has 2 aromatic carbocycles. The average Bonchev–Trinajstić information content (AvgIpc) is 2.70. The SMILES string of the molecule is CC(=O)c1ccc(NC(=O)c2cncc(C(=O)Nc3ccc(Cl)cc3)c2)cc1. The molecule has 0 fully saturated rings. The van der Waals surface area contributed by atoms with Gasteiger partial charge in [-0.25, -0.2) is 0 Å². The number of ketones is 1. The summed E-state index contributed by atoms with van der Waals surface area (Å²) < 4.78 is 0. The van der Waals surface area contributed by atoms with Crippen molar-refractivity contribution in [1.82, 2.24) is 4.98 Å². The molecule has 0 saturated carbocycles. The molecule has 0 saturated heterocycles. The molecule has 0 radical (unpaired) electrons. The van der Waals surface area contributed by atoms with E-state index in [2.05, 4.69) is 15.6 Å². The Bertz CT molecular complexity index is 1030. The van der Waals surface area contributed by atoms with Crippen molar-refractivity contribution >= 4 is 40.6 Å². The molecular weight excluding hydrogens is 378 g/mol. The molecule has 6 nitrogen and oxygen atoms in total. The minimum Gasteiger partial charge on any atom is -0.322 e. The lowest BCUT2D eigenvalue weighted by Crippen LogP contribution is -2.16. The molecule has 0 bridgehead atoms. The summed E-state index contributed by atoms with van der Waals surface area (Å²) in [4.78, 5) is 40.1. The summed E-state index contributed by atoms with van der Waals surface area (Å²) in [5, 5.41) is 5.99. The third-order valence-electron chi connectivity index (χ3n) is 3.91. The fraction of sp³-hybridized carbons (Fsp3) is 0.0476. The number of carbonyl (C=O) groups excluding carboxylic acids is 3. The smallest absolute Gasteiger partial charge is 0.257 e. The molecule has 0 atom stereocenters. The van der Waals surface area contributed by atoms with Crippen molar-refractivity contribution in [2.24, 2.45) is 0 Å². The maximum absolute atomic E-state index is 12.4. The lowest BCUT2D eigenvalue weighted by Gasteiger charge is -2.08. The molecule has 7 heteroatoms. The summed E-state index contributed by atoms with van der Waals surface area (Å²) in [5.41, 5.74) is 2.15. The second kappa shape index (κ2) is 8.45. The molecule has 0 aliphatic carbocycles. The first-order valence-corrected chi connectivity index (χ1v) is 8.74. The normalized spacial score (nSPS) is 10.2. The predicted octanol–water partition coefficient (Wildman–Crippen LogP) is 4.44. The molecule has 0 spiro atoms. The largest absolute Gasteiger partial charge is 0.322 e. The lowest BCUT2D eigenvalue weighted by atomic mass is 10.1. The van der Waals surface area contributed by atoms with Crippen LogP contribution in [0.4, 0.5) is 11.4 Å². The quantitative estimate of drug-likeness (QED) is 0.627. The average molecular weight is 394 g/mol. The van der Waals surface area contributed by atoms with Gasteiger partial charge in [0.05, 0.1) is 11.1 Å². The van der Waals surface area contributed by atoms with E-state index in [1.165, 1.54) is 25.4 Å². The third-order valence-corrected chi connectivity index (χ3v) is 4.17. The summed E-state index contributed by atoms with van der Waals surface area (Å²) >= 11 is 5.83. The van der Waals surface area contributed by atoms with E-state index < -0.39 is 11.8 Å². The van der Waals surface area contributed by atoms with E-state index in [9.17, 15) is 14.4 Å². The Morgan fingerprint density at radius 1 is 0.750 bits per heavy atom. The van der Waals surface area contributed by atoms with Gasteiger partial charge in [-0.15, -0.1) is 0 Å². The summed E-state index contributed by atoms with van der Waals surface area (Å²) in [7, 11) is 0. The zero-order valence-electron chi connectivity index (χ0n) is 14.9. The topological polar surface area (TPSA) is 88.2 Å². The van der Waals surface area contributed by atoms with E-state index in [1.807, 2.05) is 0 Å². The van der Waals surface area contributed by atoms with Gasteiger partial charge in [0.15, 0.2) is 5.78 Å². The molecule has 2 N–H and O–H groups in total. The Labute approximate surface area is 166 Å². The van der Waals surface area contributed by atoms with Crippen LogP contribution in [0.5, 0.6) is 0 Å². The summed E-state index contributed by atoms with van der Waals surface area (Å²) in [6, 6.07) is 14.7. The van der Waals surface area contributed by atoms with Gasteiger partial charge < -0.3 is 10.6 Å². The zero-order chi connectivity index (χ0) is 20.1. The highest BCUT2D eigenvalue weighted by Crippen LogP contribution is 2.16. The number of rotatable bonds is 5. The monoisotopic (exact) mass is 393 g/mol. The van der Waals surface area contributed by atoms with Crippen LogP contribution >= 0.6 is 11.6 Å². The summed E-state index contributed by atoms with van der Waals surface area (Å²) in [6.45, 7) is 1.47. The first kappa shape index (κ1) is 19.3. The number of aromatic nitrogens is 1. The number of anilines is 2. The highest BCUT2D eigenvalue weighted by atomic mass is 35.5. The molecular formula is C21H16ClN3O3. The molecule has 1 aromatic heterocycles. The van der Waals surface area contributed by atoms with Gasteiger partial charge in [-0.2, -0.15) is 0 Å². The van der Waals surface area contributed by atoms with E-state index >= 15 is 0 Å². The number of carbonyl (C=O) groups is 3. The zero-order valence-corrected chi connectivity index (χ0v) is 15.7. The molecule has 0 aliphatic heterocycles. The second-order valence-corrected chi connectivity index (χ2v) is 6.45. The maximum atomic E-state index is 12.4. The molecule has 28 heavy (non-hydrogen) atoms. The Morgan fingerprint density at radius 3 is 1.68 bits per heavy atom. The van der Waals surface area contributed by atoms with Gasteiger partial charge in [-0.05, 0) is 61.5 Å². The van der Waals surface area contributed by atoms with Crippen LogP contribution in [-0.2, 0) is 0 Å². The fourth-order valence-corrected chi connectivity index (χ4v) is 2.54. The van der Waals surface area contributed by atoms with Crippen molar-refractivity contribution in [1.29, 1.82) is 0 Å². The second-order valence-electron chi connectivity index (χ2n) is 6.01. The number of nitrogens with one attached hydrogen (secondary N) is 2. The number of halogens is 1. The lowest BCUT2D eigenvalue weighted by molar-refractivity contribution is 0.101. The Hall–Kier alpha value is -3.51. The standard InChI is InChI=1S/C21H16ClN3O3/c1-13(26)14-2-6-18(7-3-14)24-20(27)15-10-16(12-23-11-15)21(28)25-19-8-4-17(22)5-9-19/h2-12H,1H3,(H,24,27)(H,25,28). The van der Waals surface area contributed by atoms with Gasteiger partial charge in [0.2, 0.25) is 0 Å². The van der Waals surface area contributed by atoms with Gasteiger partial charge >= 0.3 is 0 Å².